The zero-order valence-electron chi connectivity index (χ0n) is 18.3. The summed E-state index contributed by atoms with van der Waals surface area (Å²) in [7, 11) is 3.13. The van der Waals surface area contributed by atoms with Gasteiger partial charge in [0.05, 0.1) is 27.0 Å². The van der Waals surface area contributed by atoms with Crippen LogP contribution in [0.1, 0.15) is 39.5 Å². The van der Waals surface area contributed by atoms with Crippen molar-refractivity contribution in [3.63, 3.8) is 0 Å². The maximum atomic E-state index is 12.6. The summed E-state index contributed by atoms with van der Waals surface area (Å²) in [5.41, 5.74) is 3.23. The first kappa shape index (κ1) is 22.2. The highest BCUT2D eigenvalue weighted by Crippen LogP contribution is 2.28. The van der Waals surface area contributed by atoms with Crippen LogP contribution in [0.5, 0.6) is 11.5 Å². The number of rotatable bonds is 10. The molecule has 0 aliphatic rings. The van der Waals surface area contributed by atoms with Crippen molar-refractivity contribution in [1.82, 2.24) is 4.57 Å². The second-order valence-electron chi connectivity index (χ2n) is 7.22. The van der Waals surface area contributed by atoms with Gasteiger partial charge in [0.1, 0.15) is 5.76 Å². The first-order valence-electron chi connectivity index (χ1n) is 10.0. The van der Waals surface area contributed by atoms with Crippen molar-refractivity contribution in [3.05, 3.63) is 70.9 Å². The van der Waals surface area contributed by atoms with E-state index in [1.165, 1.54) is 0 Å². The summed E-state index contributed by atoms with van der Waals surface area (Å²) in [6.07, 6.45) is 2.27. The highest BCUT2D eigenvalue weighted by atomic mass is 16.5. The topological polar surface area (TPSA) is 79.9 Å². The van der Waals surface area contributed by atoms with Crippen LogP contribution in [-0.4, -0.2) is 37.1 Å². The number of nitrogens with zero attached hydrogens (tertiary/aromatic N) is 1. The molecule has 31 heavy (non-hydrogen) atoms. The molecule has 3 rings (SSSR count). The first-order chi connectivity index (χ1) is 14.9. The summed E-state index contributed by atoms with van der Waals surface area (Å²) in [5, 5.41) is 0. The molecule has 0 N–H and O–H groups in total. The normalized spacial score (nSPS) is 10.7. The SMILES string of the molecule is COc1ccc(CCC(=O)OCC(=O)c2cc(C)n(Cc3ccco3)c2C)cc1OC. The number of aromatic nitrogens is 1. The Balaban J connectivity index is 1.54. The maximum absolute atomic E-state index is 12.6. The number of Topliss-reactive ketones (excluding diaryl/α,β-unsaturated/α-hetero) is 1. The lowest BCUT2D eigenvalue weighted by Crippen LogP contribution is -2.15. The third-order valence-corrected chi connectivity index (χ3v) is 5.20. The fourth-order valence-corrected chi connectivity index (χ4v) is 3.46. The average Bonchev–Trinajstić information content (AvgIpc) is 3.39. The predicted molar refractivity (Wildman–Crippen MR) is 115 cm³/mol. The lowest BCUT2D eigenvalue weighted by atomic mass is 10.1. The van der Waals surface area contributed by atoms with Crippen LogP contribution in [0.2, 0.25) is 0 Å². The fourth-order valence-electron chi connectivity index (χ4n) is 3.46. The number of methoxy groups -OCH3 is 2. The molecule has 0 fully saturated rings. The lowest BCUT2D eigenvalue weighted by Gasteiger charge is -2.10. The molecule has 0 saturated heterocycles. The van der Waals surface area contributed by atoms with Crippen LogP contribution < -0.4 is 9.47 Å². The van der Waals surface area contributed by atoms with E-state index < -0.39 is 5.97 Å². The monoisotopic (exact) mass is 425 g/mol. The summed E-state index contributed by atoms with van der Waals surface area (Å²) in [4.78, 5) is 24.8. The van der Waals surface area contributed by atoms with Crippen LogP contribution >= 0.6 is 0 Å². The standard InChI is InChI=1S/C24H27NO6/c1-16-12-20(17(2)25(16)14-19-6-5-11-30-19)21(26)15-31-24(27)10-8-18-7-9-22(28-3)23(13-18)29-4/h5-7,9,11-13H,8,10,14-15H2,1-4H3. The molecule has 0 atom stereocenters. The van der Waals surface area contributed by atoms with E-state index >= 15 is 0 Å². The highest BCUT2D eigenvalue weighted by Gasteiger charge is 2.18. The molecule has 1 aromatic carbocycles. The Kier molecular flexibility index (Phi) is 7.18. The Hall–Kier alpha value is -3.48. The second-order valence-corrected chi connectivity index (χ2v) is 7.22. The van der Waals surface area contributed by atoms with E-state index in [1.54, 1.807) is 26.5 Å². The Morgan fingerprint density at radius 1 is 1.03 bits per heavy atom. The molecule has 0 bridgehead atoms. The van der Waals surface area contributed by atoms with Gasteiger partial charge < -0.3 is 23.2 Å². The Labute approximate surface area is 181 Å². The van der Waals surface area contributed by atoms with E-state index in [0.29, 0.717) is 30.0 Å². The number of ether oxygens (including phenoxy) is 3. The van der Waals surface area contributed by atoms with E-state index in [9.17, 15) is 9.59 Å². The van der Waals surface area contributed by atoms with Gasteiger partial charge in [-0.3, -0.25) is 9.59 Å². The summed E-state index contributed by atoms with van der Waals surface area (Å²) in [5.74, 6) is 1.39. The van der Waals surface area contributed by atoms with Crippen LogP contribution in [-0.2, 0) is 22.5 Å². The molecule has 2 heterocycles. The van der Waals surface area contributed by atoms with Crippen molar-refractivity contribution in [3.8, 4) is 11.5 Å². The largest absolute Gasteiger partial charge is 0.493 e. The number of hydrogen-bond acceptors (Lipinski definition) is 6. The second kappa shape index (κ2) is 10.0. The molecular formula is C24H27NO6. The minimum absolute atomic E-state index is 0.167. The van der Waals surface area contributed by atoms with E-state index in [0.717, 1.165) is 22.7 Å². The van der Waals surface area contributed by atoms with Crippen LogP contribution in [0.25, 0.3) is 0 Å². The molecule has 7 nitrogen and oxygen atoms in total. The Morgan fingerprint density at radius 2 is 1.81 bits per heavy atom. The molecule has 0 aliphatic carbocycles. The van der Waals surface area contributed by atoms with Gasteiger partial charge in [-0.2, -0.15) is 0 Å². The smallest absolute Gasteiger partial charge is 0.306 e. The van der Waals surface area contributed by atoms with Crippen molar-refractivity contribution in [1.29, 1.82) is 0 Å². The van der Waals surface area contributed by atoms with Gasteiger partial charge in [0.15, 0.2) is 18.1 Å². The molecule has 3 aromatic rings. The quantitative estimate of drug-likeness (QED) is 0.359. The van der Waals surface area contributed by atoms with E-state index in [4.69, 9.17) is 18.6 Å². The van der Waals surface area contributed by atoms with Gasteiger partial charge in [0.2, 0.25) is 5.78 Å². The first-order valence-corrected chi connectivity index (χ1v) is 10.0. The predicted octanol–water partition coefficient (Wildman–Crippen LogP) is 4.12. The third-order valence-electron chi connectivity index (χ3n) is 5.20. The van der Waals surface area contributed by atoms with Gasteiger partial charge in [-0.25, -0.2) is 0 Å². The minimum Gasteiger partial charge on any atom is -0.493 e. The van der Waals surface area contributed by atoms with Gasteiger partial charge in [-0.05, 0) is 56.2 Å². The van der Waals surface area contributed by atoms with Gasteiger partial charge >= 0.3 is 5.97 Å². The summed E-state index contributed by atoms with van der Waals surface area (Å²) >= 11 is 0. The highest BCUT2D eigenvalue weighted by molar-refractivity contribution is 5.99. The van der Waals surface area contributed by atoms with Crippen molar-refractivity contribution < 1.29 is 28.2 Å². The lowest BCUT2D eigenvalue weighted by molar-refractivity contribution is -0.142. The summed E-state index contributed by atoms with van der Waals surface area (Å²) < 4.78 is 23.1. The third kappa shape index (κ3) is 5.36. The number of benzene rings is 1. The Bertz CT molecular complexity index is 1050. The average molecular weight is 425 g/mol. The van der Waals surface area contributed by atoms with Crippen molar-refractivity contribution >= 4 is 11.8 Å². The van der Waals surface area contributed by atoms with Gasteiger partial charge in [-0.1, -0.05) is 6.07 Å². The molecule has 164 valence electrons. The van der Waals surface area contributed by atoms with E-state index in [1.807, 2.05) is 48.7 Å². The molecule has 0 saturated carbocycles. The van der Waals surface area contributed by atoms with Crippen LogP contribution in [0.4, 0.5) is 0 Å². The van der Waals surface area contributed by atoms with Gasteiger partial charge in [0.25, 0.3) is 0 Å². The number of esters is 1. The number of furan rings is 1. The molecule has 0 unspecified atom stereocenters. The van der Waals surface area contributed by atoms with E-state index in [-0.39, 0.29) is 18.8 Å². The molecule has 0 aliphatic heterocycles. The number of aryl methyl sites for hydroxylation is 2. The number of ketones is 1. The molecule has 0 radical (unpaired) electrons. The van der Waals surface area contributed by atoms with Crippen LogP contribution in [0, 0.1) is 13.8 Å². The molecule has 0 amide bonds. The maximum Gasteiger partial charge on any atom is 0.306 e. The molecule has 0 spiro atoms. The van der Waals surface area contributed by atoms with Gasteiger partial charge in [-0.15, -0.1) is 0 Å². The van der Waals surface area contributed by atoms with Crippen molar-refractivity contribution in [2.75, 3.05) is 20.8 Å². The summed E-state index contributed by atoms with van der Waals surface area (Å²) in [6, 6.07) is 11.0. The van der Waals surface area contributed by atoms with E-state index in [2.05, 4.69) is 0 Å². The van der Waals surface area contributed by atoms with Crippen molar-refractivity contribution in [2.24, 2.45) is 0 Å². The number of carbonyl (C=O) groups is 2. The van der Waals surface area contributed by atoms with Crippen LogP contribution in [0.3, 0.4) is 0 Å². The zero-order chi connectivity index (χ0) is 22.4. The van der Waals surface area contributed by atoms with Crippen molar-refractivity contribution in [2.45, 2.75) is 33.2 Å². The molecule has 7 heteroatoms. The van der Waals surface area contributed by atoms with Crippen LogP contribution in [0.15, 0.2) is 47.1 Å². The fraction of sp³-hybridized carbons (Fsp3) is 0.333. The van der Waals surface area contributed by atoms with Gasteiger partial charge in [0, 0.05) is 23.4 Å². The molecule has 2 aromatic heterocycles. The zero-order valence-corrected chi connectivity index (χ0v) is 18.3. The minimum atomic E-state index is -0.424. The number of hydrogen-bond donors (Lipinski definition) is 0. The molecular weight excluding hydrogens is 398 g/mol. The summed E-state index contributed by atoms with van der Waals surface area (Å²) in [6.45, 7) is 4.07. The number of carbonyl (C=O) groups excluding carboxylic acids is 2. The Morgan fingerprint density at radius 3 is 2.48 bits per heavy atom.